The fraction of sp³-hybridized carbons (Fsp3) is 0.579. The fourth-order valence-corrected chi connectivity index (χ4v) is 3.11. The van der Waals surface area contributed by atoms with Crippen LogP contribution in [0.4, 0.5) is 4.79 Å². The zero-order valence-corrected chi connectivity index (χ0v) is 15.3. The summed E-state index contributed by atoms with van der Waals surface area (Å²) in [6.07, 6.45) is 1.37. The van der Waals surface area contributed by atoms with Crippen LogP contribution in [-0.2, 0) is 9.53 Å². The Morgan fingerprint density at radius 3 is 2.58 bits per heavy atom. The number of hydrogen-bond donors (Lipinski definition) is 1. The van der Waals surface area contributed by atoms with Gasteiger partial charge in [-0.05, 0) is 58.6 Å². The second kappa shape index (κ2) is 7.24. The molecule has 1 aliphatic rings. The zero-order chi connectivity index (χ0) is 17.9. The molecule has 0 radical (unpaired) electrons. The maximum atomic E-state index is 12.8. The van der Waals surface area contributed by atoms with E-state index in [4.69, 9.17) is 4.74 Å². The molecule has 1 aliphatic heterocycles. The van der Waals surface area contributed by atoms with Gasteiger partial charge in [0, 0.05) is 6.54 Å². The summed E-state index contributed by atoms with van der Waals surface area (Å²) in [5.41, 5.74) is 1.80. The molecule has 5 nitrogen and oxygen atoms in total. The molecule has 1 aromatic carbocycles. The van der Waals surface area contributed by atoms with Gasteiger partial charge in [0.15, 0.2) is 0 Å². The standard InChI is InChI=1S/C19H28N2O3/c1-13-9-6-7-10-15(13)16-11-8-12-21(16)17(22)14(2)20-18(23)24-19(3,4)5/h6-7,9-10,14,16H,8,11-12H2,1-5H3,(H,20,23). The van der Waals surface area contributed by atoms with E-state index in [0.717, 1.165) is 19.4 Å². The number of hydrogen-bond acceptors (Lipinski definition) is 3. The summed E-state index contributed by atoms with van der Waals surface area (Å²) in [5.74, 6) is -0.0633. The lowest BCUT2D eigenvalue weighted by Crippen LogP contribution is -2.48. The van der Waals surface area contributed by atoms with Gasteiger partial charge in [0.05, 0.1) is 6.04 Å². The number of amides is 2. The van der Waals surface area contributed by atoms with Gasteiger partial charge >= 0.3 is 6.09 Å². The van der Waals surface area contributed by atoms with E-state index < -0.39 is 17.7 Å². The lowest BCUT2D eigenvalue weighted by Gasteiger charge is -2.29. The molecule has 0 saturated carbocycles. The van der Waals surface area contributed by atoms with Crippen molar-refractivity contribution in [3.8, 4) is 0 Å². The topological polar surface area (TPSA) is 58.6 Å². The Morgan fingerprint density at radius 2 is 1.96 bits per heavy atom. The molecular formula is C19H28N2O3. The molecule has 5 heteroatoms. The lowest BCUT2D eigenvalue weighted by molar-refractivity contribution is -0.134. The van der Waals surface area contributed by atoms with Crippen molar-refractivity contribution < 1.29 is 14.3 Å². The first-order chi connectivity index (χ1) is 11.2. The van der Waals surface area contributed by atoms with Crippen molar-refractivity contribution in [1.82, 2.24) is 10.2 Å². The van der Waals surface area contributed by atoms with Gasteiger partial charge in [-0.15, -0.1) is 0 Å². The van der Waals surface area contributed by atoms with E-state index in [-0.39, 0.29) is 11.9 Å². The quantitative estimate of drug-likeness (QED) is 0.920. The minimum Gasteiger partial charge on any atom is -0.444 e. The van der Waals surface area contributed by atoms with Crippen LogP contribution in [0.1, 0.15) is 57.7 Å². The van der Waals surface area contributed by atoms with Gasteiger partial charge in [-0.1, -0.05) is 24.3 Å². The highest BCUT2D eigenvalue weighted by atomic mass is 16.6. The minimum atomic E-state index is -0.607. The molecule has 2 atom stereocenters. The van der Waals surface area contributed by atoms with Gasteiger partial charge in [0.2, 0.25) is 5.91 Å². The van der Waals surface area contributed by atoms with Gasteiger partial charge < -0.3 is 15.0 Å². The summed E-state index contributed by atoms with van der Waals surface area (Å²) < 4.78 is 5.23. The van der Waals surface area contributed by atoms with Crippen molar-refractivity contribution in [2.24, 2.45) is 0 Å². The average Bonchev–Trinajstić information content (AvgIpc) is 2.93. The van der Waals surface area contributed by atoms with E-state index in [2.05, 4.69) is 24.4 Å². The number of ether oxygens (including phenoxy) is 1. The van der Waals surface area contributed by atoms with E-state index in [0.29, 0.717) is 0 Å². The van der Waals surface area contributed by atoms with E-state index in [1.807, 2.05) is 17.0 Å². The van der Waals surface area contributed by atoms with Crippen LogP contribution >= 0.6 is 0 Å². The van der Waals surface area contributed by atoms with E-state index in [9.17, 15) is 9.59 Å². The van der Waals surface area contributed by atoms with Crippen LogP contribution in [0.3, 0.4) is 0 Å². The Balaban J connectivity index is 2.05. The van der Waals surface area contributed by atoms with Gasteiger partial charge in [0.25, 0.3) is 0 Å². The minimum absolute atomic E-state index is 0.0633. The van der Waals surface area contributed by atoms with Crippen molar-refractivity contribution in [2.45, 2.75) is 65.1 Å². The van der Waals surface area contributed by atoms with Crippen molar-refractivity contribution >= 4 is 12.0 Å². The number of carbonyl (C=O) groups excluding carboxylic acids is 2. The van der Waals surface area contributed by atoms with Crippen molar-refractivity contribution in [1.29, 1.82) is 0 Å². The van der Waals surface area contributed by atoms with Crippen LogP contribution in [-0.4, -0.2) is 35.1 Å². The molecule has 1 aromatic rings. The Labute approximate surface area is 144 Å². The number of benzene rings is 1. The monoisotopic (exact) mass is 332 g/mol. The van der Waals surface area contributed by atoms with Crippen LogP contribution in [0.15, 0.2) is 24.3 Å². The molecule has 1 fully saturated rings. The molecule has 2 rings (SSSR count). The second-order valence-corrected chi connectivity index (χ2v) is 7.41. The number of alkyl carbamates (subject to hydrolysis) is 1. The number of aryl methyl sites for hydroxylation is 1. The SMILES string of the molecule is Cc1ccccc1C1CCCN1C(=O)C(C)NC(=O)OC(C)(C)C. The first kappa shape index (κ1) is 18.3. The summed E-state index contributed by atoms with van der Waals surface area (Å²) in [4.78, 5) is 26.6. The summed E-state index contributed by atoms with van der Waals surface area (Å²) in [5, 5.41) is 2.65. The number of nitrogens with one attached hydrogen (secondary N) is 1. The Bertz CT molecular complexity index is 607. The summed E-state index contributed by atoms with van der Waals surface area (Å²) in [6.45, 7) is 9.89. The van der Waals surface area contributed by atoms with Crippen molar-refractivity contribution in [3.63, 3.8) is 0 Å². The molecule has 0 bridgehead atoms. The Morgan fingerprint density at radius 1 is 1.29 bits per heavy atom. The fourth-order valence-electron chi connectivity index (χ4n) is 3.11. The highest BCUT2D eigenvalue weighted by Gasteiger charge is 2.34. The average molecular weight is 332 g/mol. The third kappa shape index (κ3) is 4.49. The summed E-state index contributed by atoms with van der Waals surface area (Å²) >= 11 is 0. The van der Waals surface area contributed by atoms with Crippen LogP contribution < -0.4 is 5.32 Å². The van der Waals surface area contributed by atoms with Gasteiger partial charge in [-0.25, -0.2) is 4.79 Å². The number of nitrogens with zero attached hydrogens (tertiary/aromatic N) is 1. The van der Waals surface area contributed by atoms with Crippen LogP contribution in [0.25, 0.3) is 0 Å². The zero-order valence-electron chi connectivity index (χ0n) is 15.3. The maximum absolute atomic E-state index is 12.8. The summed E-state index contributed by atoms with van der Waals surface area (Å²) in [6, 6.07) is 7.64. The van der Waals surface area contributed by atoms with Gasteiger partial charge in [-0.3, -0.25) is 4.79 Å². The van der Waals surface area contributed by atoms with Crippen LogP contribution in [0.2, 0.25) is 0 Å². The Hall–Kier alpha value is -2.04. The van der Waals surface area contributed by atoms with E-state index >= 15 is 0 Å². The number of carbonyl (C=O) groups is 2. The predicted molar refractivity (Wildman–Crippen MR) is 93.7 cm³/mol. The summed E-state index contributed by atoms with van der Waals surface area (Å²) in [7, 11) is 0. The predicted octanol–water partition coefficient (Wildman–Crippen LogP) is 3.57. The molecule has 0 spiro atoms. The Kier molecular flexibility index (Phi) is 5.52. The van der Waals surface area contributed by atoms with Crippen LogP contribution in [0, 0.1) is 6.92 Å². The van der Waals surface area contributed by atoms with Crippen molar-refractivity contribution in [2.75, 3.05) is 6.54 Å². The number of rotatable bonds is 3. The molecule has 2 unspecified atom stereocenters. The second-order valence-electron chi connectivity index (χ2n) is 7.41. The molecule has 2 amide bonds. The first-order valence-electron chi connectivity index (χ1n) is 8.54. The van der Waals surface area contributed by atoms with E-state index in [1.165, 1.54) is 11.1 Å². The van der Waals surface area contributed by atoms with Crippen molar-refractivity contribution in [3.05, 3.63) is 35.4 Å². The number of likely N-dealkylation sites (tertiary alicyclic amines) is 1. The maximum Gasteiger partial charge on any atom is 0.408 e. The molecule has 1 heterocycles. The highest BCUT2D eigenvalue weighted by Crippen LogP contribution is 2.34. The van der Waals surface area contributed by atoms with Gasteiger partial charge in [0.1, 0.15) is 11.6 Å². The molecule has 1 saturated heterocycles. The third-order valence-corrected chi connectivity index (χ3v) is 4.19. The molecular weight excluding hydrogens is 304 g/mol. The lowest BCUT2D eigenvalue weighted by atomic mass is 9.99. The van der Waals surface area contributed by atoms with Crippen LogP contribution in [0.5, 0.6) is 0 Å². The molecule has 0 aliphatic carbocycles. The largest absolute Gasteiger partial charge is 0.444 e. The van der Waals surface area contributed by atoms with E-state index in [1.54, 1.807) is 27.7 Å². The highest BCUT2D eigenvalue weighted by molar-refractivity contribution is 5.86. The molecule has 24 heavy (non-hydrogen) atoms. The molecule has 132 valence electrons. The normalized spacial score (nSPS) is 19.0. The molecule has 1 N–H and O–H groups in total. The van der Waals surface area contributed by atoms with Gasteiger partial charge in [-0.2, -0.15) is 0 Å². The molecule has 0 aromatic heterocycles. The first-order valence-corrected chi connectivity index (χ1v) is 8.54. The smallest absolute Gasteiger partial charge is 0.408 e. The third-order valence-electron chi connectivity index (χ3n) is 4.19.